The summed E-state index contributed by atoms with van der Waals surface area (Å²) in [6, 6.07) is 86.3. The van der Waals surface area contributed by atoms with Gasteiger partial charge in [-0.05, 0) is 112 Å². The molecule has 0 unspecified atom stereocenters. The number of nitrogens with zero attached hydrogens (tertiary/aromatic N) is 6. The van der Waals surface area contributed by atoms with Gasteiger partial charge < -0.3 is 13.9 Å². The van der Waals surface area contributed by atoms with E-state index >= 15 is 0 Å². The van der Waals surface area contributed by atoms with Crippen molar-refractivity contribution in [2.45, 2.75) is 26.2 Å². The lowest BCUT2D eigenvalue weighted by Crippen LogP contribution is -2.28. The first-order valence-corrected chi connectivity index (χ1v) is 26.9. The molecule has 376 valence electrons. The van der Waals surface area contributed by atoms with Gasteiger partial charge in [0.15, 0.2) is 0 Å². The van der Waals surface area contributed by atoms with E-state index in [1.165, 1.54) is 27.1 Å². The second-order valence-corrected chi connectivity index (χ2v) is 21.4. The minimum atomic E-state index is -0.136. The number of benzene rings is 10. The van der Waals surface area contributed by atoms with Crippen molar-refractivity contribution in [2.24, 2.45) is 0 Å². The van der Waals surface area contributed by atoms with Crippen LogP contribution in [0.2, 0.25) is 0 Å². The molecule has 0 aliphatic carbocycles. The van der Waals surface area contributed by atoms with Crippen LogP contribution in [0, 0.1) is 6.33 Å². The average Bonchev–Trinajstić information content (AvgIpc) is 4.39. The van der Waals surface area contributed by atoms with Crippen molar-refractivity contribution in [2.75, 3.05) is 0 Å². The van der Waals surface area contributed by atoms with Crippen LogP contribution in [0.5, 0.6) is 11.5 Å². The number of hydrogen-bond donors (Lipinski definition) is 0. The molecule has 5 aromatic heterocycles. The fraction of sp³-hybridized carbons (Fsp3) is 0.0556. The maximum Gasteiger partial charge on any atom is 0.268 e. The van der Waals surface area contributed by atoms with Gasteiger partial charge in [0.05, 0.1) is 44.5 Å². The molecule has 0 bridgehead atoms. The van der Waals surface area contributed by atoms with Crippen LogP contribution in [-0.2, 0) is 5.41 Å². The molecule has 0 saturated heterocycles. The van der Waals surface area contributed by atoms with E-state index in [4.69, 9.17) is 9.72 Å². The number of ether oxygens (including phenoxy) is 1. The second kappa shape index (κ2) is 18.2. The first-order chi connectivity index (χ1) is 38.9. The monoisotopic (exact) mass is 1020 g/mol. The Morgan fingerprint density at radius 2 is 0.975 bits per heavy atom. The summed E-state index contributed by atoms with van der Waals surface area (Å²) in [5, 5.41) is 7.01. The van der Waals surface area contributed by atoms with Gasteiger partial charge in [-0.25, -0.2) is 4.98 Å². The normalized spacial score (nSPS) is 12.0. The van der Waals surface area contributed by atoms with Crippen LogP contribution < -0.4 is 9.30 Å². The van der Waals surface area contributed by atoms with Gasteiger partial charge in [-0.1, -0.05) is 178 Å². The van der Waals surface area contributed by atoms with Crippen LogP contribution >= 0.6 is 0 Å². The topological polar surface area (TPSA) is 45.7 Å². The number of fused-ring (bicyclic) bond motifs is 12. The highest BCUT2D eigenvalue weighted by atomic mass is 16.5. The molecule has 79 heavy (non-hydrogen) atoms. The molecular weight excluding hydrogens is 965 g/mol. The summed E-state index contributed by atoms with van der Waals surface area (Å²) in [6.45, 7) is 6.80. The standard InChI is InChI=1S/C72H52N6O/c1-72(2,3)50-40-41-73-64(44-50)78-63-46-55(79-54-31-20-30-53(45-54)74-42-43-75(47-74)68-56(48-22-8-4-9-23-48)34-21-35-57(68)49-24-10-5-11-25-49)38-39-60(63)67-69-65(58-32-16-18-36-61(58)76(69)51-26-12-6-13-27-51)66-59-33-17-19-37-62(59)77(70(66)71(67)78)52-28-14-7-15-29-52/h4-46H,1-3H3. The van der Waals surface area contributed by atoms with Gasteiger partial charge in [0.1, 0.15) is 17.3 Å². The molecule has 0 amide bonds. The summed E-state index contributed by atoms with van der Waals surface area (Å²) >= 11 is 0. The van der Waals surface area contributed by atoms with Crippen LogP contribution in [0.15, 0.2) is 261 Å². The molecule has 0 aliphatic heterocycles. The average molecular weight is 1020 g/mol. The number of imidazole rings is 1. The molecule has 7 nitrogen and oxygen atoms in total. The van der Waals surface area contributed by atoms with Crippen LogP contribution in [0.1, 0.15) is 26.3 Å². The van der Waals surface area contributed by atoms with Gasteiger partial charge in [0.25, 0.3) is 6.33 Å². The number of rotatable bonds is 9. The lowest BCUT2D eigenvalue weighted by Gasteiger charge is -2.20. The molecule has 5 heterocycles. The van der Waals surface area contributed by atoms with Crippen LogP contribution in [0.3, 0.4) is 0 Å². The summed E-state index contributed by atoms with van der Waals surface area (Å²) in [5.41, 5.74) is 16.3. The van der Waals surface area contributed by atoms with E-state index in [0.717, 1.165) is 94.7 Å². The van der Waals surface area contributed by atoms with Crippen molar-refractivity contribution in [1.29, 1.82) is 0 Å². The quantitative estimate of drug-likeness (QED) is 0.107. The Hall–Kier alpha value is -10.2. The first-order valence-electron chi connectivity index (χ1n) is 26.9. The van der Waals surface area contributed by atoms with Crippen molar-refractivity contribution < 1.29 is 9.30 Å². The van der Waals surface area contributed by atoms with E-state index in [-0.39, 0.29) is 5.41 Å². The molecule has 0 N–H and O–H groups in total. The third-order valence-electron chi connectivity index (χ3n) is 15.6. The number of pyridine rings is 1. The molecule has 0 spiro atoms. The van der Waals surface area contributed by atoms with E-state index in [1.54, 1.807) is 0 Å². The largest absolute Gasteiger partial charge is 0.458 e. The second-order valence-electron chi connectivity index (χ2n) is 21.4. The third-order valence-corrected chi connectivity index (χ3v) is 15.6. The van der Waals surface area contributed by atoms with E-state index in [1.807, 2.05) is 22.9 Å². The van der Waals surface area contributed by atoms with Gasteiger partial charge in [0.2, 0.25) is 0 Å². The fourth-order valence-corrected chi connectivity index (χ4v) is 12.1. The Labute approximate surface area is 457 Å². The van der Waals surface area contributed by atoms with Gasteiger partial charge in [-0.15, -0.1) is 0 Å². The third kappa shape index (κ3) is 7.49. The maximum atomic E-state index is 7.04. The van der Waals surface area contributed by atoms with Crippen molar-refractivity contribution in [3.8, 4) is 62.3 Å². The minimum Gasteiger partial charge on any atom is -0.458 e. The number of aromatic nitrogens is 6. The highest BCUT2D eigenvalue weighted by molar-refractivity contribution is 6.40. The van der Waals surface area contributed by atoms with Gasteiger partial charge >= 0.3 is 0 Å². The maximum absolute atomic E-state index is 7.04. The van der Waals surface area contributed by atoms with Crippen LogP contribution in [0.25, 0.3) is 116 Å². The summed E-state index contributed by atoms with van der Waals surface area (Å²) in [7, 11) is 0. The van der Waals surface area contributed by atoms with Gasteiger partial charge in [0, 0.05) is 68.3 Å². The zero-order valence-electron chi connectivity index (χ0n) is 43.9. The highest BCUT2D eigenvalue weighted by Crippen LogP contribution is 2.51. The van der Waals surface area contributed by atoms with E-state index in [0.29, 0.717) is 11.5 Å². The Morgan fingerprint density at radius 1 is 0.443 bits per heavy atom. The fourth-order valence-electron chi connectivity index (χ4n) is 12.1. The smallest absolute Gasteiger partial charge is 0.268 e. The molecule has 0 radical (unpaired) electrons. The molecule has 0 saturated carbocycles. The lowest BCUT2D eigenvalue weighted by atomic mass is 9.88. The predicted molar refractivity (Wildman–Crippen MR) is 323 cm³/mol. The first kappa shape index (κ1) is 46.1. The Morgan fingerprint density at radius 3 is 1.61 bits per heavy atom. The molecule has 10 aromatic carbocycles. The van der Waals surface area contributed by atoms with Crippen molar-refractivity contribution in [1.82, 2.24) is 23.3 Å². The molecule has 15 rings (SSSR count). The molecule has 15 aromatic rings. The predicted octanol–water partition coefficient (Wildman–Crippen LogP) is 17.7. The van der Waals surface area contributed by atoms with Gasteiger partial charge in [-0.2, -0.15) is 0 Å². The summed E-state index contributed by atoms with van der Waals surface area (Å²) in [5.74, 6) is 2.24. The van der Waals surface area contributed by atoms with E-state index < -0.39 is 0 Å². The summed E-state index contributed by atoms with van der Waals surface area (Å²) in [6.07, 6.45) is 9.79. The van der Waals surface area contributed by atoms with Crippen molar-refractivity contribution in [3.05, 3.63) is 273 Å². The molecule has 0 atom stereocenters. The SMILES string of the molecule is CC(C)(C)c1ccnc(-n2c3cc(Oc4cccc(-[n+]5[c-]n(-c6c(-c7ccccc7)cccc6-c6ccccc6)cc5)c4)ccc3c3c4c(c5ccccc5n4-c4ccccc4)c4c5ccccc5n(-c5ccccc5)c4c32)c1. The lowest BCUT2D eigenvalue weighted by molar-refractivity contribution is -0.599. The van der Waals surface area contributed by atoms with E-state index in [9.17, 15) is 0 Å². The zero-order chi connectivity index (χ0) is 52.8. The minimum absolute atomic E-state index is 0.136. The Bertz CT molecular complexity index is 4770. The van der Waals surface area contributed by atoms with Crippen molar-refractivity contribution in [3.63, 3.8) is 0 Å². The van der Waals surface area contributed by atoms with Gasteiger partial charge in [-0.3, -0.25) is 13.7 Å². The van der Waals surface area contributed by atoms with Crippen LogP contribution in [0.4, 0.5) is 0 Å². The number of para-hydroxylation sites is 5. The van der Waals surface area contributed by atoms with E-state index in [2.05, 4.69) is 288 Å². The van der Waals surface area contributed by atoms with Crippen molar-refractivity contribution >= 4 is 65.4 Å². The summed E-state index contributed by atoms with van der Waals surface area (Å²) in [4.78, 5) is 5.29. The zero-order valence-corrected chi connectivity index (χ0v) is 43.9. The van der Waals surface area contributed by atoms with Crippen LogP contribution in [-0.4, -0.2) is 23.3 Å². The molecule has 7 heteroatoms. The molecule has 0 aliphatic rings. The number of hydrogen-bond acceptors (Lipinski definition) is 2. The highest BCUT2D eigenvalue weighted by Gasteiger charge is 2.30. The summed E-state index contributed by atoms with van der Waals surface area (Å²) < 4.78 is 18.5. The molecular formula is C72H52N6O. The Balaban J connectivity index is 0.969. The molecule has 0 fully saturated rings. The Kier molecular flexibility index (Phi) is 10.6.